The minimum atomic E-state index is -3.37. The maximum atomic E-state index is 14.5. The number of hydrogen-bond acceptors (Lipinski definition) is 7. The summed E-state index contributed by atoms with van der Waals surface area (Å²) < 4.78 is 55.5. The van der Waals surface area contributed by atoms with Crippen LogP contribution in [0.2, 0.25) is 0 Å². The van der Waals surface area contributed by atoms with Gasteiger partial charge in [-0.3, -0.25) is 0 Å². The van der Waals surface area contributed by atoms with Crippen molar-refractivity contribution in [2.45, 2.75) is 36.7 Å². The van der Waals surface area contributed by atoms with Gasteiger partial charge in [-0.05, 0) is 37.5 Å². The minimum Gasteiger partial charge on any atom is -0.390 e. The van der Waals surface area contributed by atoms with Crippen LogP contribution in [0.4, 0.5) is 14.7 Å². The molecule has 0 amide bonds. The Hall–Kier alpha value is -3.14. The van der Waals surface area contributed by atoms with Crippen LogP contribution in [-0.4, -0.2) is 62.9 Å². The number of benzene rings is 1. The van der Waals surface area contributed by atoms with Crippen molar-refractivity contribution in [3.63, 3.8) is 0 Å². The molecule has 2 aromatic heterocycles. The standard InChI is InChI=1S/C21H20F2N6O3S/c22-13-1-4-15(12(7-13)9-24)18-8-16(23)19-10-25-21(27-29(18)19)26-17-5-6-28(11-20(17)30)33(31,32)14-2-3-14/h1,4,7-8,10,14,17,20,30H,2-3,5-6,11H2,(H,26,27)/t17-,20-/m1/s1. The first-order valence-corrected chi connectivity index (χ1v) is 12.0. The van der Waals surface area contributed by atoms with Gasteiger partial charge in [0.05, 0.1) is 40.9 Å². The summed E-state index contributed by atoms with van der Waals surface area (Å²) in [5.41, 5.74) is 0.647. The summed E-state index contributed by atoms with van der Waals surface area (Å²) in [6, 6.07) is 6.21. The van der Waals surface area contributed by atoms with Gasteiger partial charge in [0, 0.05) is 24.7 Å². The molecule has 2 N–H and O–H groups in total. The van der Waals surface area contributed by atoms with E-state index in [2.05, 4.69) is 15.4 Å². The Kier molecular flexibility index (Phi) is 5.27. The Balaban J connectivity index is 1.41. The van der Waals surface area contributed by atoms with Crippen molar-refractivity contribution >= 4 is 21.5 Å². The molecule has 2 atom stereocenters. The molecular formula is C21H20F2N6O3S. The molecule has 2 fully saturated rings. The highest BCUT2D eigenvalue weighted by atomic mass is 32.2. The predicted octanol–water partition coefficient (Wildman–Crippen LogP) is 1.89. The molecule has 1 saturated carbocycles. The normalized spacial score (nSPS) is 21.8. The Morgan fingerprint density at radius 2 is 2.00 bits per heavy atom. The van der Waals surface area contributed by atoms with E-state index in [0.717, 1.165) is 6.07 Å². The van der Waals surface area contributed by atoms with E-state index in [4.69, 9.17) is 0 Å². The van der Waals surface area contributed by atoms with Crippen LogP contribution in [0.25, 0.3) is 16.8 Å². The third kappa shape index (κ3) is 3.92. The maximum absolute atomic E-state index is 14.5. The van der Waals surface area contributed by atoms with Crippen LogP contribution in [0.1, 0.15) is 24.8 Å². The van der Waals surface area contributed by atoms with E-state index in [9.17, 15) is 27.6 Å². The molecule has 0 spiro atoms. The zero-order valence-corrected chi connectivity index (χ0v) is 18.1. The fraction of sp³-hybridized carbons (Fsp3) is 0.381. The summed E-state index contributed by atoms with van der Waals surface area (Å²) in [4.78, 5) is 4.11. The maximum Gasteiger partial charge on any atom is 0.241 e. The summed E-state index contributed by atoms with van der Waals surface area (Å²) in [5.74, 6) is -1.09. The molecule has 0 bridgehead atoms. The van der Waals surface area contributed by atoms with Crippen molar-refractivity contribution in [3.8, 4) is 17.3 Å². The van der Waals surface area contributed by atoms with Gasteiger partial charge in [0.1, 0.15) is 11.3 Å². The lowest BCUT2D eigenvalue weighted by Crippen LogP contribution is -2.52. The summed E-state index contributed by atoms with van der Waals surface area (Å²) in [5, 5.41) is 26.9. The summed E-state index contributed by atoms with van der Waals surface area (Å²) in [6.45, 7) is 0.240. The van der Waals surface area contributed by atoms with E-state index in [0.29, 0.717) is 24.8 Å². The van der Waals surface area contributed by atoms with Crippen LogP contribution in [0.15, 0.2) is 30.5 Å². The molecule has 1 aliphatic heterocycles. The SMILES string of the molecule is N#Cc1cc(F)ccc1-c1cc(F)c2cnc(N[C@@H]3CCN(S(=O)(=O)C4CC4)C[C@H]3O)nn12. The van der Waals surface area contributed by atoms with Crippen molar-refractivity contribution in [2.24, 2.45) is 0 Å². The number of fused-ring (bicyclic) bond motifs is 1. The lowest BCUT2D eigenvalue weighted by molar-refractivity contribution is 0.0946. The lowest BCUT2D eigenvalue weighted by atomic mass is 10.0. The number of aliphatic hydroxyl groups is 1. The molecular weight excluding hydrogens is 454 g/mol. The number of nitrogens with zero attached hydrogens (tertiary/aromatic N) is 5. The van der Waals surface area contributed by atoms with Crippen molar-refractivity contribution in [2.75, 3.05) is 18.4 Å². The third-order valence-corrected chi connectivity index (χ3v) is 8.38. The molecule has 9 nitrogen and oxygen atoms in total. The number of nitriles is 1. The Bertz CT molecular complexity index is 1380. The van der Waals surface area contributed by atoms with Crippen LogP contribution in [-0.2, 0) is 10.0 Å². The largest absolute Gasteiger partial charge is 0.390 e. The van der Waals surface area contributed by atoms with Gasteiger partial charge in [-0.15, -0.1) is 5.10 Å². The molecule has 0 radical (unpaired) electrons. The van der Waals surface area contributed by atoms with E-state index in [1.165, 1.54) is 33.2 Å². The summed E-state index contributed by atoms with van der Waals surface area (Å²) in [7, 11) is -3.37. The summed E-state index contributed by atoms with van der Waals surface area (Å²) >= 11 is 0. The van der Waals surface area contributed by atoms with Crippen molar-refractivity contribution < 1.29 is 22.3 Å². The van der Waals surface area contributed by atoms with Crippen LogP contribution >= 0.6 is 0 Å². The molecule has 3 heterocycles. The molecule has 1 aliphatic carbocycles. The first-order chi connectivity index (χ1) is 15.8. The van der Waals surface area contributed by atoms with E-state index in [1.54, 1.807) is 0 Å². The Labute approximate surface area is 188 Å². The second-order valence-electron chi connectivity index (χ2n) is 8.27. The molecule has 2 aliphatic rings. The number of aliphatic hydroxyl groups excluding tert-OH is 1. The zero-order valence-electron chi connectivity index (χ0n) is 17.3. The van der Waals surface area contributed by atoms with Crippen molar-refractivity contribution in [1.82, 2.24) is 18.9 Å². The highest BCUT2D eigenvalue weighted by molar-refractivity contribution is 7.90. The Morgan fingerprint density at radius 3 is 2.70 bits per heavy atom. The quantitative estimate of drug-likeness (QED) is 0.579. The number of anilines is 1. The van der Waals surface area contributed by atoms with Gasteiger partial charge in [-0.2, -0.15) is 9.57 Å². The van der Waals surface area contributed by atoms with E-state index in [1.807, 2.05) is 6.07 Å². The number of sulfonamides is 1. The summed E-state index contributed by atoms with van der Waals surface area (Å²) in [6.07, 6.45) is 1.94. The van der Waals surface area contributed by atoms with Gasteiger partial charge in [-0.25, -0.2) is 26.7 Å². The topological polar surface area (TPSA) is 124 Å². The van der Waals surface area contributed by atoms with Gasteiger partial charge in [-0.1, -0.05) is 0 Å². The number of nitrogens with one attached hydrogen (secondary N) is 1. The first-order valence-electron chi connectivity index (χ1n) is 10.5. The average molecular weight is 474 g/mol. The average Bonchev–Trinajstić information content (AvgIpc) is 3.60. The van der Waals surface area contributed by atoms with Gasteiger partial charge in [0.2, 0.25) is 16.0 Å². The molecule has 3 aromatic rings. The number of hydrogen-bond donors (Lipinski definition) is 2. The van der Waals surface area contributed by atoms with Crippen molar-refractivity contribution in [3.05, 3.63) is 47.7 Å². The second kappa shape index (κ2) is 8.02. The predicted molar refractivity (Wildman–Crippen MR) is 115 cm³/mol. The smallest absolute Gasteiger partial charge is 0.241 e. The number of piperidine rings is 1. The second-order valence-corrected chi connectivity index (χ2v) is 10.5. The highest BCUT2D eigenvalue weighted by Gasteiger charge is 2.43. The fourth-order valence-corrected chi connectivity index (χ4v) is 5.96. The molecule has 172 valence electrons. The van der Waals surface area contributed by atoms with E-state index >= 15 is 0 Å². The minimum absolute atomic E-state index is 0.0246. The van der Waals surface area contributed by atoms with Crippen LogP contribution in [0, 0.1) is 23.0 Å². The molecule has 1 saturated heterocycles. The molecule has 0 unspecified atom stereocenters. The molecule has 5 rings (SSSR count). The Morgan fingerprint density at radius 1 is 1.21 bits per heavy atom. The number of rotatable bonds is 5. The van der Waals surface area contributed by atoms with Crippen LogP contribution in [0.5, 0.6) is 0 Å². The lowest BCUT2D eigenvalue weighted by Gasteiger charge is -2.35. The van der Waals surface area contributed by atoms with Crippen molar-refractivity contribution in [1.29, 1.82) is 5.26 Å². The van der Waals surface area contributed by atoms with Gasteiger partial charge >= 0.3 is 0 Å². The molecule has 12 heteroatoms. The van der Waals surface area contributed by atoms with Crippen LogP contribution in [0.3, 0.4) is 0 Å². The third-order valence-electron chi connectivity index (χ3n) is 6.01. The zero-order chi connectivity index (χ0) is 23.3. The van der Waals surface area contributed by atoms with Gasteiger partial charge in [0.25, 0.3) is 0 Å². The monoisotopic (exact) mass is 474 g/mol. The first kappa shape index (κ1) is 21.7. The van der Waals surface area contributed by atoms with E-state index in [-0.39, 0.29) is 41.1 Å². The fourth-order valence-electron chi connectivity index (χ4n) is 4.09. The molecule has 1 aromatic carbocycles. The molecule has 33 heavy (non-hydrogen) atoms. The number of β-amino-alcohol motifs (C(OH)–C–C–N with tert-alkyl or cyclic N) is 1. The van der Waals surface area contributed by atoms with Crippen LogP contribution < -0.4 is 5.32 Å². The number of halogens is 2. The number of aromatic nitrogens is 3. The highest BCUT2D eigenvalue weighted by Crippen LogP contribution is 2.33. The van der Waals surface area contributed by atoms with Gasteiger partial charge in [0.15, 0.2) is 5.82 Å². The van der Waals surface area contributed by atoms with E-state index < -0.39 is 33.8 Å². The van der Waals surface area contributed by atoms with Gasteiger partial charge < -0.3 is 10.4 Å².